The van der Waals surface area contributed by atoms with Crippen LogP contribution in [0.15, 0.2) is 28.8 Å². The van der Waals surface area contributed by atoms with Crippen molar-refractivity contribution in [3.8, 4) is 0 Å². The number of carbonyl (C=O) groups is 1. The highest BCUT2D eigenvalue weighted by Gasteiger charge is 2.29. The molecule has 0 radical (unpaired) electrons. The Kier molecular flexibility index (Phi) is 4.20. The summed E-state index contributed by atoms with van der Waals surface area (Å²) in [5.74, 6) is 1.32. The van der Waals surface area contributed by atoms with Crippen LogP contribution in [0.2, 0.25) is 0 Å². The predicted molar refractivity (Wildman–Crippen MR) is 81.3 cm³/mol. The number of carbonyl (C=O) groups excluding carboxylic acids is 1. The largest absolute Gasteiger partial charge is 0.355 e. The summed E-state index contributed by atoms with van der Waals surface area (Å²) in [6, 6.07) is 7.94. The van der Waals surface area contributed by atoms with Crippen LogP contribution in [0.1, 0.15) is 46.5 Å². The van der Waals surface area contributed by atoms with E-state index in [0.29, 0.717) is 11.5 Å². The first-order valence-electron chi connectivity index (χ1n) is 7.52. The molecule has 6 nitrogen and oxygen atoms in total. The summed E-state index contributed by atoms with van der Waals surface area (Å²) in [5, 5.41) is 6.69. The standard InChI is InChI=1S/C16H20N4O2/c1-11-18-15(19-22-11)14-4-3-9-20(14)10-12-5-7-13(8-6-12)16(21)17-2/h5-8,14H,3-4,9-10H2,1-2H3,(H,17,21). The summed E-state index contributed by atoms with van der Waals surface area (Å²) in [6.07, 6.45) is 2.18. The number of nitrogens with zero attached hydrogens (tertiary/aromatic N) is 3. The molecular weight excluding hydrogens is 280 g/mol. The molecule has 1 aromatic heterocycles. The molecule has 1 amide bonds. The SMILES string of the molecule is CNC(=O)c1ccc(CN2CCCC2c2noc(C)n2)cc1. The molecular formula is C16H20N4O2. The van der Waals surface area contributed by atoms with Gasteiger partial charge in [0.25, 0.3) is 5.91 Å². The lowest BCUT2D eigenvalue weighted by molar-refractivity contribution is 0.0963. The number of likely N-dealkylation sites (tertiary alicyclic amines) is 1. The van der Waals surface area contributed by atoms with Gasteiger partial charge in [-0.2, -0.15) is 4.98 Å². The normalized spacial score (nSPS) is 18.5. The smallest absolute Gasteiger partial charge is 0.251 e. The van der Waals surface area contributed by atoms with Crippen molar-refractivity contribution in [2.45, 2.75) is 32.4 Å². The molecule has 1 aromatic carbocycles. The molecule has 1 fully saturated rings. The van der Waals surface area contributed by atoms with Crippen molar-refractivity contribution in [2.75, 3.05) is 13.6 Å². The van der Waals surface area contributed by atoms with Crippen molar-refractivity contribution in [3.63, 3.8) is 0 Å². The maximum Gasteiger partial charge on any atom is 0.251 e. The van der Waals surface area contributed by atoms with E-state index in [2.05, 4.69) is 20.4 Å². The molecule has 0 saturated carbocycles. The van der Waals surface area contributed by atoms with Crippen LogP contribution in [-0.2, 0) is 6.54 Å². The van der Waals surface area contributed by atoms with Gasteiger partial charge in [0.1, 0.15) is 0 Å². The summed E-state index contributed by atoms with van der Waals surface area (Å²) in [5.41, 5.74) is 1.86. The average molecular weight is 300 g/mol. The molecule has 1 aliphatic heterocycles. The highest BCUT2D eigenvalue weighted by molar-refractivity contribution is 5.93. The van der Waals surface area contributed by atoms with Crippen molar-refractivity contribution in [3.05, 3.63) is 47.1 Å². The van der Waals surface area contributed by atoms with Gasteiger partial charge in [-0.15, -0.1) is 0 Å². The van der Waals surface area contributed by atoms with Crippen LogP contribution in [0.3, 0.4) is 0 Å². The van der Waals surface area contributed by atoms with E-state index in [0.717, 1.165) is 31.8 Å². The van der Waals surface area contributed by atoms with Crippen molar-refractivity contribution in [2.24, 2.45) is 0 Å². The van der Waals surface area contributed by atoms with Crippen molar-refractivity contribution < 1.29 is 9.32 Å². The maximum atomic E-state index is 11.6. The van der Waals surface area contributed by atoms with Gasteiger partial charge in [0, 0.05) is 26.1 Å². The van der Waals surface area contributed by atoms with E-state index in [1.54, 1.807) is 7.05 Å². The fraction of sp³-hybridized carbons (Fsp3) is 0.438. The highest BCUT2D eigenvalue weighted by atomic mass is 16.5. The van der Waals surface area contributed by atoms with Crippen LogP contribution in [0.25, 0.3) is 0 Å². The third-order valence-electron chi connectivity index (χ3n) is 4.03. The summed E-state index contributed by atoms with van der Waals surface area (Å²) < 4.78 is 5.10. The van der Waals surface area contributed by atoms with Crippen LogP contribution in [0, 0.1) is 6.92 Å². The molecule has 6 heteroatoms. The van der Waals surface area contributed by atoms with Gasteiger partial charge in [0.2, 0.25) is 5.89 Å². The first kappa shape index (κ1) is 14.7. The van der Waals surface area contributed by atoms with E-state index < -0.39 is 0 Å². The zero-order valence-corrected chi connectivity index (χ0v) is 12.9. The molecule has 2 aromatic rings. The van der Waals surface area contributed by atoms with Gasteiger partial charge >= 0.3 is 0 Å². The van der Waals surface area contributed by atoms with E-state index in [-0.39, 0.29) is 11.9 Å². The second-order valence-corrected chi connectivity index (χ2v) is 5.58. The number of aryl methyl sites for hydroxylation is 1. The third-order valence-corrected chi connectivity index (χ3v) is 4.03. The van der Waals surface area contributed by atoms with Gasteiger partial charge in [-0.25, -0.2) is 0 Å². The van der Waals surface area contributed by atoms with Gasteiger partial charge in [-0.1, -0.05) is 17.3 Å². The molecule has 3 rings (SSSR count). The lowest BCUT2D eigenvalue weighted by Crippen LogP contribution is -2.23. The van der Waals surface area contributed by atoms with Crippen molar-refractivity contribution in [1.29, 1.82) is 0 Å². The maximum absolute atomic E-state index is 11.6. The molecule has 1 unspecified atom stereocenters. The second kappa shape index (κ2) is 6.27. The van der Waals surface area contributed by atoms with E-state index in [9.17, 15) is 4.79 Å². The van der Waals surface area contributed by atoms with Gasteiger partial charge in [-0.05, 0) is 37.1 Å². The third kappa shape index (κ3) is 3.01. The molecule has 2 heterocycles. The number of hydrogen-bond acceptors (Lipinski definition) is 5. The van der Waals surface area contributed by atoms with Crippen molar-refractivity contribution in [1.82, 2.24) is 20.4 Å². The Labute approximate surface area is 129 Å². The van der Waals surface area contributed by atoms with E-state index in [1.807, 2.05) is 31.2 Å². The fourth-order valence-electron chi connectivity index (χ4n) is 2.90. The zero-order valence-electron chi connectivity index (χ0n) is 12.9. The Morgan fingerprint density at radius 3 is 2.82 bits per heavy atom. The lowest BCUT2D eigenvalue weighted by Gasteiger charge is -2.21. The Balaban J connectivity index is 1.70. The molecule has 1 saturated heterocycles. The lowest BCUT2D eigenvalue weighted by atomic mass is 10.1. The molecule has 1 aliphatic rings. The highest BCUT2D eigenvalue weighted by Crippen LogP contribution is 2.31. The Hall–Kier alpha value is -2.21. The zero-order chi connectivity index (χ0) is 15.5. The molecule has 0 spiro atoms. The minimum Gasteiger partial charge on any atom is -0.355 e. The number of nitrogens with one attached hydrogen (secondary N) is 1. The predicted octanol–water partition coefficient (Wildman–Crippen LogP) is 2.07. The van der Waals surface area contributed by atoms with Crippen molar-refractivity contribution >= 4 is 5.91 Å². The number of aromatic nitrogens is 2. The number of rotatable bonds is 4. The van der Waals surface area contributed by atoms with E-state index >= 15 is 0 Å². The Morgan fingerprint density at radius 1 is 1.41 bits per heavy atom. The van der Waals surface area contributed by atoms with Crippen LogP contribution < -0.4 is 5.32 Å². The van der Waals surface area contributed by atoms with Crippen LogP contribution in [0.5, 0.6) is 0 Å². The fourth-order valence-corrected chi connectivity index (χ4v) is 2.90. The summed E-state index contributed by atoms with van der Waals surface area (Å²) >= 11 is 0. The first-order valence-corrected chi connectivity index (χ1v) is 7.52. The number of amides is 1. The summed E-state index contributed by atoms with van der Waals surface area (Å²) in [6.45, 7) is 3.66. The summed E-state index contributed by atoms with van der Waals surface area (Å²) in [4.78, 5) is 18.3. The molecule has 1 atom stereocenters. The van der Waals surface area contributed by atoms with Crippen LogP contribution in [0.4, 0.5) is 0 Å². The molecule has 116 valence electrons. The minimum atomic E-state index is -0.0622. The van der Waals surface area contributed by atoms with E-state index in [4.69, 9.17) is 4.52 Å². The summed E-state index contributed by atoms with van der Waals surface area (Å²) in [7, 11) is 1.64. The second-order valence-electron chi connectivity index (χ2n) is 5.58. The topological polar surface area (TPSA) is 71.3 Å². The average Bonchev–Trinajstić information content (AvgIpc) is 3.16. The Morgan fingerprint density at radius 2 is 2.18 bits per heavy atom. The molecule has 1 N–H and O–H groups in total. The monoisotopic (exact) mass is 300 g/mol. The quantitative estimate of drug-likeness (QED) is 0.936. The van der Waals surface area contributed by atoms with E-state index in [1.165, 1.54) is 5.56 Å². The van der Waals surface area contributed by atoms with Gasteiger partial charge in [0.05, 0.1) is 6.04 Å². The van der Waals surface area contributed by atoms with Gasteiger partial charge in [-0.3, -0.25) is 9.69 Å². The van der Waals surface area contributed by atoms with Gasteiger partial charge in [0.15, 0.2) is 5.82 Å². The number of benzene rings is 1. The van der Waals surface area contributed by atoms with Crippen LogP contribution >= 0.6 is 0 Å². The van der Waals surface area contributed by atoms with Crippen LogP contribution in [-0.4, -0.2) is 34.5 Å². The number of hydrogen-bond donors (Lipinski definition) is 1. The first-order chi connectivity index (χ1) is 10.7. The molecule has 0 aliphatic carbocycles. The van der Waals surface area contributed by atoms with Gasteiger partial charge < -0.3 is 9.84 Å². The molecule has 22 heavy (non-hydrogen) atoms. The Bertz CT molecular complexity index is 650. The molecule has 0 bridgehead atoms. The minimum absolute atomic E-state index is 0.0622.